The van der Waals surface area contributed by atoms with Crippen LogP contribution in [0.25, 0.3) is 0 Å². The van der Waals surface area contributed by atoms with Crippen molar-refractivity contribution >= 4 is 35.5 Å². The molecule has 21 heavy (non-hydrogen) atoms. The molecular weight excluding hydrogens is 316 g/mol. The Labute approximate surface area is 129 Å². The van der Waals surface area contributed by atoms with Crippen molar-refractivity contribution in [2.45, 2.75) is 9.79 Å². The largest absolute Gasteiger partial charge is 0.507 e. The molecule has 8 heteroatoms. The Hall–Kier alpha value is -1.80. The fourth-order valence-corrected chi connectivity index (χ4v) is 4.29. The van der Waals surface area contributed by atoms with Gasteiger partial charge in [0.1, 0.15) is 11.5 Å². The lowest BCUT2D eigenvalue weighted by molar-refractivity contribution is -0.144. The van der Waals surface area contributed by atoms with Gasteiger partial charge in [0.15, 0.2) is 5.57 Å². The number of methoxy groups -OCH3 is 3. The van der Waals surface area contributed by atoms with E-state index in [1.165, 1.54) is 27.4 Å². The highest BCUT2D eigenvalue weighted by atomic mass is 32.2. The third kappa shape index (κ3) is 2.81. The van der Waals surface area contributed by atoms with E-state index in [1.807, 2.05) is 0 Å². The van der Waals surface area contributed by atoms with E-state index in [2.05, 4.69) is 9.47 Å². The molecule has 0 unspecified atom stereocenters. The van der Waals surface area contributed by atoms with Gasteiger partial charge in [0.05, 0.1) is 35.4 Å². The maximum absolute atomic E-state index is 11.8. The zero-order valence-corrected chi connectivity index (χ0v) is 13.1. The molecule has 0 saturated heterocycles. The number of phenols is 1. The van der Waals surface area contributed by atoms with E-state index in [-0.39, 0.29) is 11.3 Å². The van der Waals surface area contributed by atoms with Crippen LogP contribution in [0.2, 0.25) is 0 Å². The molecule has 0 aromatic heterocycles. The summed E-state index contributed by atoms with van der Waals surface area (Å²) in [6.45, 7) is 0. The average Bonchev–Trinajstić information content (AvgIpc) is 2.93. The first kappa shape index (κ1) is 15.6. The van der Waals surface area contributed by atoms with Gasteiger partial charge in [0.2, 0.25) is 0 Å². The van der Waals surface area contributed by atoms with Crippen molar-refractivity contribution in [2.24, 2.45) is 0 Å². The number of thioether (sulfide) groups is 2. The van der Waals surface area contributed by atoms with Crippen LogP contribution in [0, 0.1) is 0 Å². The SMILES string of the molecule is COC(=O)C(C(=O)OC)=C1Sc2c(O)ccc(OC)c2S1. The predicted molar refractivity (Wildman–Crippen MR) is 77.4 cm³/mol. The van der Waals surface area contributed by atoms with E-state index in [1.54, 1.807) is 6.07 Å². The zero-order valence-electron chi connectivity index (χ0n) is 11.5. The van der Waals surface area contributed by atoms with Crippen molar-refractivity contribution < 1.29 is 28.9 Å². The maximum Gasteiger partial charge on any atom is 0.347 e. The lowest BCUT2D eigenvalue weighted by atomic mass is 10.3. The molecule has 1 heterocycles. The van der Waals surface area contributed by atoms with Crippen LogP contribution in [0.1, 0.15) is 0 Å². The Morgan fingerprint density at radius 1 is 1.00 bits per heavy atom. The number of carbonyl (C=O) groups excluding carboxylic acids is 2. The van der Waals surface area contributed by atoms with E-state index in [4.69, 9.17) is 4.74 Å². The summed E-state index contributed by atoms with van der Waals surface area (Å²) in [6, 6.07) is 3.10. The molecule has 0 amide bonds. The minimum absolute atomic E-state index is 0.0485. The monoisotopic (exact) mass is 328 g/mol. The standard InChI is InChI=1S/C13H12O6S2/c1-17-7-5-4-6(14)9-10(7)21-13(20-9)8(11(15)18-2)12(16)19-3/h4-5,14H,1-3H3. The van der Waals surface area contributed by atoms with Crippen LogP contribution in [0.3, 0.4) is 0 Å². The van der Waals surface area contributed by atoms with Gasteiger partial charge in [0, 0.05) is 0 Å². The first-order valence-electron chi connectivity index (χ1n) is 5.70. The van der Waals surface area contributed by atoms with Crippen molar-refractivity contribution in [2.75, 3.05) is 21.3 Å². The van der Waals surface area contributed by atoms with Gasteiger partial charge < -0.3 is 19.3 Å². The summed E-state index contributed by atoms with van der Waals surface area (Å²) >= 11 is 2.25. The Balaban J connectivity index is 2.53. The van der Waals surface area contributed by atoms with Crippen LogP contribution in [-0.2, 0) is 19.1 Å². The van der Waals surface area contributed by atoms with Crippen molar-refractivity contribution in [3.8, 4) is 11.5 Å². The van der Waals surface area contributed by atoms with Gasteiger partial charge in [-0.2, -0.15) is 0 Å². The minimum atomic E-state index is -0.789. The van der Waals surface area contributed by atoms with Crippen LogP contribution >= 0.6 is 23.5 Å². The molecule has 6 nitrogen and oxygen atoms in total. The second kappa shape index (κ2) is 6.31. The van der Waals surface area contributed by atoms with E-state index in [9.17, 15) is 14.7 Å². The van der Waals surface area contributed by atoms with E-state index in [0.29, 0.717) is 19.8 Å². The first-order valence-corrected chi connectivity index (χ1v) is 7.33. The van der Waals surface area contributed by atoms with Crippen molar-refractivity contribution in [1.82, 2.24) is 0 Å². The Kier molecular flexibility index (Phi) is 4.69. The van der Waals surface area contributed by atoms with Gasteiger partial charge in [-0.3, -0.25) is 0 Å². The summed E-state index contributed by atoms with van der Waals surface area (Å²) in [5.74, 6) is -0.983. The first-order chi connectivity index (χ1) is 10.0. The molecule has 0 atom stereocenters. The van der Waals surface area contributed by atoms with Gasteiger partial charge in [0.25, 0.3) is 0 Å². The third-order valence-corrected chi connectivity index (χ3v) is 5.28. The summed E-state index contributed by atoms with van der Waals surface area (Å²) in [5, 5.41) is 9.90. The second-order valence-electron chi connectivity index (χ2n) is 3.79. The molecule has 1 aromatic carbocycles. The Bertz CT molecular complexity index is 620. The van der Waals surface area contributed by atoms with Crippen molar-refractivity contribution in [3.63, 3.8) is 0 Å². The number of ether oxygens (including phenoxy) is 3. The molecule has 1 N–H and O–H groups in total. The summed E-state index contributed by atoms with van der Waals surface area (Å²) in [4.78, 5) is 24.7. The predicted octanol–water partition coefficient (Wildman–Crippen LogP) is 2.16. The summed E-state index contributed by atoms with van der Waals surface area (Å²) < 4.78 is 14.8. The molecular formula is C13H12O6S2. The smallest absolute Gasteiger partial charge is 0.347 e. The van der Waals surface area contributed by atoms with Gasteiger partial charge >= 0.3 is 11.9 Å². The van der Waals surface area contributed by atoms with Crippen LogP contribution in [0.4, 0.5) is 0 Å². The molecule has 1 aliphatic heterocycles. The fourth-order valence-electron chi connectivity index (χ4n) is 1.65. The van der Waals surface area contributed by atoms with E-state index in [0.717, 1.165) is 23.5 Å². The zero-order chi connectivity index (χ0) is 15.6. The Morgan fingerprint density at radius 3 is 2.10 bits per heavy atom. The average molecular weight is 328 g/mol. The molecule has 0 aliphatic carbocycles. The summed E-state index contributed by atoms with van der Waals surface area (Å²) in [5.41, 5.74) is -0.201. The lowest BCUT2D eigenvalue weighted by Gasteiger charge is -2.06. The second-order valence-corrected chi connectivity index (χ2v) is 6.09. The minimum Gasteiger partial charge on any atom is -0.507 e. The number of aromatic hydroxyl groups is 1. The maximum atomic E-state index is 11.8. The molecule has 0 saturated carbocycles. The molecule has 0 radical (unpaired) electrons. The number of rotatable bonds is 3. The fraction of sp³-hybridized carbons (Fsp3) is 0.231. The molecule has 2 rings (SSSR count). The molecule has 112 valence electrons. The van der Waals surface area contributed by atoms with Crippen LogP contribution in [0.5, 0.6) is 11.5 Å². The molecule has 1 aliphatic rings. The number of carbonyl (C=O) groups is 2. The lowest BCUT2D eigenvalue weighted by Crippen LogP contribution is -2.16. The van der Waals surface area contributed by atoms with Crippen LogP contribution in [0.15, 0.2) is 31.7 Å². The quantitative estimate of drug-likeness (QED) is 0.391. The van der Waals surface area contributed by atoms with E-state index < -0.39 is 11.9 Å². The topological polar surface area (TPSA) is 82.1 Å². The van der Waals surface area contributed by atoms with Gasteiger partial charge in [-0.1, -0.05) is 23.5 Å². The highest BCUT2D eigenvalue weighted by Crippen LogP contribution is 2.58. The third-order valence-electron chi connectivity index (χ3n) is 2.65. The summed E-state index contributed by atoms with van der Waals surface area (Å²) in [7, 11) is 3.86. The van der Waals surface area contributed by atoms with Gasteiger partial charge in [-0.15, -0.1) is 0 Å². The summed E-state index contributed by atoms with van der Waals surface area (Å²) in [6.07, 6.45) is 0. The number of benzene rings is 1. The molecule has 0 bridgehead atoms. The van der Waals surface area contributed by atoms with Gasteiger partial charge in [-0.05, 0) is 12.1 Å². The van der Waals surface area contributed by atoms with E-state index >= 15 is 0 Å². The van der Waals surface area contributed by atoms with Crippen LogP contribution in [-0.4, -0.2) is 38.4 Å². The van der Waals surface area contributed by atoms with Gasteiger partial charge in [-0.25, -0.2) is 9.59 Å². The number of hydrogen-bond acceptors (Lipinski definition) is 8. The number of esters is 2. The van der Waals surface area contributed by atoms with Crippen molar-refractivity contribution in [1.29, 1.82) is 0 Å². The van der Waals surface area contributed by atoms with Crippen molar-refractivity contribution in [3.05, 3.63) is 21.9 Å². The Morgan fingerprint density at radius 2 is 1.57 bits per heavy atom. The normalized spacial score (nSPS) is 12.6. The highest BCUT2D eigenvalue weighted by Gasteiger charge is 2.33. The molecule has 0 spiro atoms. The molecule has 1 aromatic rings. The number of phenolic OH excluding ortho intramolecular Hbond substituents is 1. The van der Waals surface area contributed by atoms with Crippen LogP contribution < -0.4 is 4.74 Å². The molecule has 0 fully saturated rings. The number of hydrogen-bond donors (Lipinski definition) is 1. The number of fused-ring (bicyclic) bond motifs is 1. The highest BCUT2D eigenvalue weighted by molar-refractivity contribution is 8.25.